The Balaban J connectivity index is 1.38. The van der Waals surface area contributed by atoms with Crippen molar-refractivity contribution in [3.05, 3.63) is 30.1 Å². The van der Waals surface area contributed by atoms with Crippen LogP contribution in [0.4, 0.5) is 4.79 Å². The van der Waals surface area contributed by atoms with Gasteiger partial charge in [0.25, 0.3) is 0 Å². The second-order valence-electron chi connectivity index (χ2n) is 11.3. The van der Waals surface area contributed by atoms with Crippen LogP contribution in [-0.2, 0) is 25.5 Å². The van der Waals surface area contributed by atoms with Crippen LogP contribution in [0.1, 0.15) is 135 Å². The topological polar surface area (TPSA) is 78.0 Å². The summed E-state index contributed by atoms with van der Waals surface area (Å²) in [5.74, 6) is -0.372. The molecule has 2 heterocycles. The number of carbonyl (C=O) groups excluding carboxylic acids is 2. The average Bonchev–Trinajstić information content (AvgIpc) is 3.42. The Morgan fingerprint density at radius 2 is 1.38 bits per heavy atom. The number of aromatic nitrogens is 1. The maximum Gasteiger partial charge on any atom is 0.416 e. The third kappa shape index (κ3) is 16.3. The van der Waals surface area contributed by atoms with E-state index in [-0.39, 0.29) is 31.3 Å². The van der Waals surface area contributed by atoms with Gasteiger partial charge in [-0.3, -0.25) is 9.78 Å². The minimum absolute atomic E-state index is 0.0437. The molecule has 1 aliphatic heterocycles. The molecule has 0 bridgehead atoms. The molecule has 228 valence electrons. The SMILES string of the molecule is CCCCCCCCCCCCCCCCCCOCC1CCC(COC(=O)N(Cc2ccccn2)C(C)=O)O1. The molecular formula is C33H56N2O5. The van der Waals surface area contributed by atoms with Gasteiger partial charge < -0.3 is 14.2 Å². The zero-order chi connectivity index (χ0) is 28.7. The van der Waals surface area contributed by atoms with Crippen LogP contribution in [0.25, 0.3) is 0 Å². The van der Waals surface area contributed by atoms with E-state index in [2.05, 4.69) is 11.9 Å². The van der Waals surface area contributed by atoms with Gasteiger partial charge in [-0.15, -0.1) is 0 Å². The van der Waals surface area contributed by atoms with Crippen molar-refractivity contribution >= 4 is 12.0 Å². The largest absolute Gasteiger partial charge is 0.446 e. The third-order valence-electron chi connectivity index (χ3n) is 7.68. The molecule has 1 fully saturated rings. The summed E-state index contributed by atoms with van der Waals surface area (Å²) < 4.78 is 17.2. The molecule has 1 aliphatic rings. The van der Waals surface area contributed by atoms with Gasteiger partial charge in [-0.1, -0.05) is 109 Å². The first-order chi connectivity index (χ1) is 19.6. The second-order valence-corrected chi connectivity index (χ2v) is 11.3. The normalized spacial score (nSPS) is 16.8. The molecule has 7 heteroatoms. The fourth-order valence-corrected chi connectivity index (χ4v) is 5.19. The van der Waals surface area contributed by atoms with Gasteiger partial charge in [0.1, 0.15) is 6.61 Å². The van der Waals surface area contributed by atoms with E-state index in [0.717, 1.165) is 30.8 Å². The first kappa shape index (κ1) is 34.2. The van der Waals surface area contributed by atoms with Crippen LogP contribution in [-0.4, -0.2) is 53.9 Å². The van der Waals surface area contributed by atoms with Crippen LogP contribution >= 0.6 is 0 Å². The van der Waals surface area contributed by atoms with E-state index in [1.807, 2.05) is 6.07 Å². The van der Waals surface area contributed by atoms with Crippen LogP contribution in [0.2, 0.25) is 0 Å². The third-order valence-corrected chi connectivity index (χ3v) is 7.68. The lowest BCUT2D eigenvalue weighted by atomic mass is 10.0. The van der Waals surface area contributed by atoms with E-state index in [1.165, 1.54) is 103 Å². The lowest BCUT2D eigenvalue weighted by molar-refractivity contribution is -0.128. The number of carbonyl (C=O) groups is 2. The maximum atomic E-state index is 12.5. The molecule has 1 aromatic heterocycles. The summed E-state index contributed by atoms with van der Waals surface area (Å²) >= 11 is 0. The van der Waals surface area contributed by atoms with Crippen LogP contribution in [0, 0.1) is 0 Å². The summed E-state index contributed by atoms with van der Waals surface area (Å²) in [4.78, 5) is 29.6. The number of nitrogens with zero attached hydrogens (tertiary/aromatic N) is 2. The summed E-state index contributed by atoms with van der Waals surface area (Å²) in [6.07, 6.45) is 24.4. The first-order valence-electron chi connectivity index (χ1n) is 16.2. The number of unbranched alkanes of at least 4 members (excludes halogenated alkanes) is 15. The number of rotatable bonds is 23. The first-order valence-corrected chi connectivity index (χ1v) is 16.2. The molecule has 2 amide bonds. The number of ether oxygens (including phenoxy) is 3. The number of hydrogen-bond acceptors (Lipinski definition) is 6. The number of pyridine rings is 1. The lowest BCUT2D eigenvalue weighted by Crippen LogP contribution is -2.36. The number of hydrogen-bond donors (Lipinski definition) is 0. The monoisotopic (exact) mass is 560 g/mol. The Labute approximate surface area is 243 Å². The molecule has 0 spiro atoms. The number of imide groups is 1. The van der Waals surface area contributed by atoms with Gasteiger partial charge in [-0.2, -0.15) is 0 Å². The lowest BCUT2D eigenvalue weighted by Gasteiger charge is -2.20. The Morgan fingerprint density at radius 3 is 1.90 bits per heavy atom. The molecule has 1 saturated heterocycles. The molecule has 2 atom stereocenters. The fraction of sp³-hybridized carbons (Fsp3) is 0.788. The van der Waals surface area contributed by atoms with Crippen LogP contribution in [0.3, 0.4) is 0 Å². The molecule has 0 aliphatic carbocycles. The Bertz CT molecular complexity index is 775. The predicted molar refractivity (Wildman–Crippen MR) is 160 cm³/mol. The highest BCUT2D eigenvalue weighted by Gasteiger charge is 2.28. The molecule has 0 aromatic carbocycles. The van der Waals surface area contributed by atoms with Crippen LogP contribution in [0.15, 0.2) is 24.4 Å². The molecule has 0 radical (unpaired) electrons. The summed E-state index contributed by atoms with van der Waals surface area (Å²) in [6.45, 7) is 5.23. The molecule has 2 unspecified atom stereocenters. The second kappa shape index (κ2) is 22.7. The summed E-state index contributed by atoms with van der Waals surface area (Å²) in [5.41, 5.74) is 0.633. The van der Waals surface area contributed by atoms with E-state index in [1.54, 1.807) is 18.3 Å². The molecular weight excluding hydrogens is 504 g/mol. The zero-order valence-electron chi connectivity index (χ0n) is 25.5. The minimum atomic E-state index is -0.662. The molecule has 0 N–H and O–H groups in total. The summed E-state index contributed by atoms with van der Waals surface area (Å²) in [5, 5.41) is 0. The zero-order valence-corrected chi connectivity index (χ0v) is 25.5. The van der Waals surface area contributed by atoms with Crippen LogP contribution < -0.4 is 0 Å². The van der Waals surface area contributed by atoms with Crippen molar-refractivity contribution in [3.63, 3.8) is 0 Å². The van der Waals surface area contributed by atoms with E-state index in [9.17, 15) is 9.59 Å². The van der Waals surface area contributed by atoms with Crippen molar-refractivity contribution in [2.24, 2.45) is 0 Å². The van der Waals surface area contributed by atoms with Gasteiger partial charge in [-0.05, 0) is 31.4 Å². The molecule has 40 heavy (non-hydrogen) atoms. The molecule has 7 nitrogen and oxygen atoms in total. The van der Waals surface area contributed by atoms with Crippen molar-refractivity contribution in [1.29, 1.82) is 0 Å². The molecule has 2 rings (SSSR count). The predicted octanol–water partition coefficient (Wildman–Crippen LogP) is 8.39. The highest BCUT2D eigenvalue weighted by molar-refractivity contribution is 5.90. The van der Waals surface area contributed by atoms with Gasteiger partial charge in [-0.25, -0.2) is 9.69 Å². The van der Waals surface area contributed by atoms with Crippen molar-refractivity contribution in [2.75, 3.05) is 19.8 Å². The van der Waals surface area contributed by atoms with E-state index in [4.69, 9.17) is 14.2 Å². The van der Waals surface area contributed by atoms with Gasteiger partial charge in [0.05, 0.1) is 31.1 Å². The Kier molecular flexibility index (Phi) is 19.4. The number of amides is 2. The van der Waals surface area contributed by atoms with Crippen molar-refractivity contribution < 1.29 is 23.8 Å². The molecule has 1 aromatic rings. The van der Waals surface area contributed by atoms with Crippen LogP contribution in [0.5, 0.6) is 0 Å². The average molecular weight is 561 g/mol. The fourth-order valence-electron chi connectivity index (χ4n) is 5.19. The molecule has 0 saturated carbocycles. The maximum absolute atomic E-state index is 12.5. The quantitative estimate of drug-likeness (QED) is 0.125. The van der Waals surface area contributed by atoms with Gasteiger partial charge in [0, 0.05) is 19.7 Å². The van der Waals surface area contributed by atoms with Gasteiger partial charge in [0.15, 0.2) is 0 Å². The smallest absolute Gasteiger partial charge is 0.416 e. The van der Waals surface area contributed by atoms with Crippen molar-refractivity contribution in [1.82, 2.24) is 9.88 Å². The van der Waals surface area contributed by atoms with Crippen molar-refractivity contribution in [3.8, 4) is 0 Å². The standard InChI is InChI=1S/C33H56N2O5/c1-3-4-5-6-7-8-9-10-11-12-13-14-15-16-17-20-25-38-27-31-22-23-32(40-31)28-39-33(37)35(29(2)36)26-30-21-18-19-24-34-30/h18-19,21,24,31-32H,3-17,20,22-23,25-28H2,1-2H3. The highest BCUT2D eigenvalue weighted by Crippen LogP contribution is 2.21. The highest BCUT2D eigenvalue weighted by atomic mass is 16.6. The van der Waals surface area contributed by atoms with Gasteiger partial charge in [0.2, 0.25) is 5.91 Å². The van der Waals surface area contributed by atoms with Crippen molar-refractivity contribution in [2.45, 2.75) is 148 Å². The minimum Gasteiger partial charge on any atom is -0.446 e. The Morgan fingerprint density at radius 1 is 0.825 bits per heavy atom. The van der Waals surface area contributed by atoms with E-state index < -0.39 is 6.09 Å². The van der Waals surface area contributed by atoms with Gasteiger partial charge >= 0.3 is 6.09 Å². The summed E-state index contributed by atoms with van der Waals surface area (Å²) in [6, 6.07) is 5.38. The summed E-state index contributed by atoms with van der Waals surface area (Å²) in [7, 11) is 0. The van der Waals surface area contributed by atoms with E-state index in [0.29, 0.717) is 12.3 Å². The Hall–Kier alpha value is -1.99. The van der Waals surface area contributed by atoms with E-state index >= 15 is 0 Å².